The molecule has 0 saturated carbocycles. The average molecular weight is 445 g/mol. The van der Waals surface area contributed by atoms with E-state index >= 15 is 0 Å². The van der Waals surface area contributed by atoms with E-state index < -0.39 is 0 Å². The van der Waals surface area contributed by atoms with Gasteiger partial charge < -0.3 is 19.8 Å². The van der Waals surface area contributed by atoms with Gasteiger partial charge in [0, 0.05) is 16.7 Å². The van der Waals surface area contributed by atoms with Crippen molar-refractivity contribution in [3.8, 4) is 34.3 Å². The summed E-state index contributed by atoms with van der Waals surface area (Å²) in [6.07, 6.45) is 0. The highest BCUT2D eigenvalue weighted by molar-refractivity contribution is 7.98. The van der Waals surface area contributed by atoms with Crippen LogP contribution in [0.2, 0.25) is 5.02 Å². The molecule has 0 fully saturated rings. The molecule has 154 valence electrons. The van der Waals surface area contributed by atoms with Crippen LogP contribution < -0.4 is 15.3 Å². The number of hydrogen-bond acceptors (Lipinski definition) is 9. The van der Waals surface area contributed by atoms with E-state index in [0.717, 1.165) is 5.56 Å². The predicted octanol–water partition coefficient (Wildman–Crippen LogP) is 3.67. The van der Waals surface area contributed by atoms with Gasteiger partial charge in [-0.3, -0.25) is 0 Å². The second kappa shape index (κ2) is 8.64. The van der Waals surface area contributed by atoms with Crippen molar-refractivity contribution in [1.29, 1.82) is 0 Å². The number of rotatable bonds is 7. The Kier molecular flexibility index (Phi) is 5.77. The Balaban J connectivity index is 1.51. The average Bonchev–Trinajstić information content (AvgIpc) is 3.38. The Morgan fingerprint density at radius 1 is 1.13 bits per heavy atom. The third-order valence-corrected chi connectivity index (χ3v) is 5.35. The topological polar surface area (TPSA) is 114 Å². The number of nitrogens with two attached hydrogens (primary N) is 1. The lowest BCUT2D eigenvalue weighted by Gasteiger charge is -2.09. The van der Waals surface area contributed by atoms with Gasteiger partial charge >= 0.3 is 0 Å². The maximum Gasteiger partial charge on any atom is 0.237 e. The summed E-state index contributed by atoms with van der Waals surface area (Å²) in [6.45, 7) is 0. The van der Waals surface area contributed by atoms with E-state index in [2.05, 4.69) is 20.3 Å². The molecule has 2 heterocycles. The lowest BCUT2D eigenvalue weighted by molar-refractivity contribution is 0.391. The molecule has 0 aliphatic carbocycles. The summed E-state index contributed by atoms with van der Waals surface area (Å²) < 4.78 is 17.4. The number of ether oxygens (including phenoxy) is 2. The van der Waals surface area contributed by atoms with Gasteiger partial charge in [-0.05, 0) is 24.3 Å². The van der Waals surface area contributed by atoms with Crippen molar-refractivity contribution in [1.82, 2.24) is 25.0 Å². The molecule has 0 atom stereocenters. The first-order valence-electron chi connectivity index (χ1n) is 8.73. The minimum absolute atomic E-state index is 0.378. The number of methoxy groups -OCH3 is 2. The molecule has 9 nitrogen and oxygen atoms in total. The molecule has 2 N–H and O–H groups in total. The van der Waals surface area contributed by atoms with E-state index in [1.165, 1.54) is 16.4 Å². The normalized spacial score (nSPS) is 10.9. The molecular weight excluding hydrogens is 428 g/mol. The van der Waals surface area contributed by atoms with Crippen molar-refractivity contribution in [3.05, 3.63) is 53.4 Å². The van der Waals surface area contributed by atoms with Gasteiger partial charge in [-0.2, -0.15) is 4.98 Å². The molecule has 0 aliphatic rings. The predicted molar refractivity (Wildman–Crippen MR) is 113 cm³/mol. The molecule has 0 bridgehead atoms. The monoisotopic (exact) mass is 444 g/mol. The number of benzene rings is 2. The van der Waals surface area contributed by atoms with Gasteiger partial charge in [-0.15, -0.1) is 10.2 Å². The van der Waals surface area contributed by atoms with Crippen LogP contribution in [0, 0.1) is 0 Å². The molecule has 2 aromatic carbocycles. The van der Waals surface area contributed by atoms with Gasteiger partial charge in [0.2, 0.25) is 16.9 Å². The molecule has 0 spiro atoms. The maximum absolute atomic E-state index is 6.21. The number of thioether (sulfide) groups is 1. The molecule has 2 aromatic heterocycles. The molecule has 30 heavy (non-hydrogen) atoms. The number of halogens is 1. The molecule has 0 unspecified atom stereocenters. The molecule has 0 amide bonds. The van der Waals surface area contributed by atoms with Gasteiger partial charge in [0.15, 0.2) is 5.82 Å². The zero-order valence-electron chi connectivity index (χ0n) is 16.1. The number of hydrogen-bond donors (Lipinski definition) is 1. The summed E-state index contributed by atoms with van der Waals surface area (Å²) >= 11 is 7.34. The highest BCUT2D eigenvalue weighted by Gasteiger charge is 2.18. The Bertz CT molecular complexity index is 1180. The quantitative estimate of drug-likeness (QED) is 0.336. The van der Waals surface area contributed by atoms with Crippen LogP contribution in [-0.4, -0.2) is 39.2 Å². The summed E-state index contributed by atoms with van der Waals surface area (Å²) in [5.74, 6) is 9.19. The molecule has 4 rings (SSSR count). The van der Waals surface area contributed by atoms with Crippen molar-refractivity contribution in [2.75, 3.05) is 20.1 Å². The summed E-state index contributed by atoms with van der Waals surface area (Å²) in [6, 6.07) is 12.6. The van der Waals surface area contributed by atoms with Gasteiger partial charge in [-0.25, -0.2) is 4.68 Å². The lowest BCUT2D eigenvalue weighted by Crippen LogP contribution is -2.12. The zero-order valence-corrected chi connectivity index (χ0v) is 17.6. The van der Waals surface area contributed by atoms with E-state index in [1.54, 1.807) is 38.5 Å². The summed E-state index contributed by atoms with van der Waals surface area (Å²) in [7, 11) is 3.15. The summed E-state index contributed by atoms with van der Waals surface area (Å²) in [5.41, 5.74) is 1.47. The van der Waals surface area contributed by atoms with Crippen LogP contribution in [0.1, 0.15) is 5.89 Å². The molecule has 11 heteroatoms. The highest BCUT2D eigenvalue weighted by atomic mass is 35.5. The first kappa shape index (κ1) is 20.0. The molecule has 0 radical (unpaired) electrons. The van der Waals surface area contributed by atoms with Crippen LogP contribution in [0.25, 0.3) is 22.8 Å². The van der Waals surface area contributed by atoms with Crippen LogP contribution in [0.3, 0.4) is 0 Å². The van der Waals surface area contributed by atoms with E-state index in [1.807, 2.05) is 18.2 Å². The van der Waals surface area contributed by atoms with E-state index in [-0.39, 0.29) is 0 Å². The standard InChI is InChI=1S/C19H17ClN6O3S/c1-27-13-6-7-14(15(9-13)28-2)18-23-24-19(26(18)21)30-10-16-22-17(25-29-16)11-4-3-5-12(20)8-11/h3-9H,10,21H2,1-2H3. The minimum Gasteiger partial charge on any atom is -0.497 e. The van der Waals surface area contributed by atoms with Crippen LogP contribution in [-0.2, 0) is 5.75 Å². The minimum atomic E-state index is 0.378. The third-order valence-electron chi connectivity index (χ3n) is 4.19. The van der Waals surface area contributed by atoms with E-state index in [0.29, 0.717) is 50.5 Å². The molecule has 0 saturated heterocycles. The molecule has 0 aliphatic heterocycles. The molecule has 4 aromatic rings. The second-order valence-corrected chi connectivity index (χ2v) is 7.43. The van der Waals surface area contributed by atoms with Gasteiger partial charge in [0.25, 0.3) is 0 Å². The SMILES string of the molecule is COc1ccc(-c2nnc(SCc3nc(-c4cccc(Cl)c4)no3)n2N)c(OC)c1. The van der Waals surface area contributed by atoms with Crippen LogP contribution in [0.4, 0.5) is 0 Å². The fourth-order valence-corrected chi connectivity index (χ4v) is 3.61. The van der Waals surface area contributed by atoms with Crippen molar-refractivity contribution >= 4 is 23.4 Å². The zero-order chi connectivity index (χ0) is 21.1. The fraction of sp³-hybridized carbons (Fsp3) is 0.158. The first-order chi connectivity index (χ1) is 14.6. The third kappa shape index (κ3) is 4.05. The van der Waals surface area contributed by atoms with Crippen LogP contribution in [0.5, 0.6) is 11.5 Å². The number of nitrogen functional groups attached to an aromatic ring is 1. The van der Waals surface area contributed by atoms with Crippen molar-refractivity contribution in [3.63, 3.8) is 0 Å². The second-order valence-electron chi connectivity index (χ2n) is 6.05. The lowest BCUT2D eigenvalue weighted by atomic mass is 10.2. The Morgan fingerprint density at radius 2 is 2.00 bits per heavy atom. The summed E-state index contributed by atoms with van der Waals surface area (Å²) in [5, 5.41) is 13.4. The van der Waals surface area contributed by atoms with Crippen molar-refractivity contribution in [2.45, 2.75) is 10.9 Å². The molecular formula is C19H17ClN6O3S. The first-order valence-corrected chi connectivity index (χ1v) is 10.1. The number of nitrogens with zero attached hydrogens (tertiary/aromatic N) is 5. The largest absolute Gasteiger partial charge is 0.497 e. The van der Waals surface area contributed by atoms with E-state index in [4.69, 9.17) is 31.4 Å². The van der Waals surface area contributed by atoms with Crippen molar-refractivity contribution < 1.29 is 14.0 Å². The van der Waals surface area contributed by atoms with E-state index in [9.17, 15) is 0 Å². The summed E-state index contributed by atoms with van der Waals surface area (Å²) in [4.78, 5) is 4.39. The van der Waals surface area contributed by atoms with Gasteiger partial charge in [0.1, 0.15) is 11.5 Å². The van der Waals surface area contributed by atoms with Gasteiger partial charge in [-0.1, -0.05) is 40.7 Å². The van der Waals surface area contributed by atoms with Crippen molar-refractivity contribution in [2.24, 2.45) is 0 Å². The van der Waals surface area contributed by atoms with Crippen LogP contribution >= 0.6 is 23.4 Å². The maximum atomic E-state index is 6.21. The Morgan fingerprint density at radius 3 is 2.77 bits per heavy atom. The fourth-order valence-electron chi connectivity index (χ4n) is 2.73. The highest BCUT2D eigenvalue weighted by Crippen LogP contribution is 2.33. The Labute approximate surface area is 181 Å². The van der Waals surface area contributed by atoms with Gasteiger partial charge in [0.05, 0.1) is 25.5 Å². The number of aromatic nitrogens is 5. The smallest absolute Gasteiger partial charge is 0.237 e. The van der Waals surface area contributed by atoms with Crippen LogP contribution in [0.15, 0.2) is 52.1 Å². The Hall–Kier alpha value is -3.24.